The highest BCUT2D eigenvalue weighted by Gasteiger charge is 2.19. The van der Waals surface area contributed by atoms with Gasteiger partial charge >= 0.3 is 0 Å². The largest absolute Gasteiger partial charge is 0.348 e. The molecule has 0 heterocycles. The van der Waals surface area contributed by atoms with Crippen LogP contribution < -0.4 is 5.32 Å². The lowest BCUT2D eigenvalue weighted by Gasteiger charge is -2.17. The molecule has 104 valence electrons. The summed E-state index contributed by atoms with van der Waals surface area (Å²) in [4.78, 5) is 12.1. The molecule has 0 saturated carbocycles. The first-order chi connectivity index (χ1) is 9.58. The van der Waals surface area contributed by atoms with E-state index >= 15 is 0 Å². The van der Waals surface area contributed by atoms with E-state index in [1.807, 2.05) is 55.5 Å². The van der Waals surface area contributed by atoms with Crippen LogP contribution in [0.4, 0.5) is 0 Å². The number of amides is 1. The first-order valence-electron chi connectivity index (χ1n) is 6.33. The van der Waals surface area contributed by atoms with Gasteiger partial charge < -0.3 is 5.32 Å². The molecule has 2 atom stereocenters. The van der Waals surface area contributed by atoms with Crippen LogP contribution in [0.3, 0.4) is 0 Å². The fraction of sp³-hybridized carbons (Fsp3) is 0.188. The highest BCUT2D eigenvalue weighted by atomic mass is 35.5. The van der Waals surface area contributed by atoms with Gasteiger partial charge in [0, 0.05) is 5.02 Å². The van der Waals surface area contributed by atoms with Crippen LogP contribution in [0.2, 0.25) is 5.02 Å². The third-order valence-electron chi connectivity index (χ3n) is 3.03. The molecule has 2 nitrogen and oxygen atoms in total. The Morgan fingerprint density at radius 3 is 2.35 bits per heavy atom. The van der Waals surface area contributed by atoms with E-state index in [9.17, 15) is 4.79 Å². The Bertz CT molecular complexity index is 586. The number of benzene rings is 2. The lowest BCUT2D eigenvalue weighted by molar-refractivity contribution is -0.121. The summed E-state index contributed by atoms with van der Waals surface area (Å²) in [6, 6.07) is 16.5. The predicted octanol–water partition coefficient (Wildman–Crippen LogP) is 4.50. The van der Waals surface area contributed by atoms with Gasteiger partial charge in [0.05, 0.1) is 6.04 Å². The van der Waals surface area contributed by atoms with E-state index in [1.165, 1.54) is 0 Å². The van der Waals surface area contributed by atoms with Gasteiger partial charge in [-0.05, 0) is 30.2 Å². The number of hydrogen-bond donors (Lipinski definition) is 1. The molecule has 4 heteroatoms. The minimum atomic E-state index is -0.696. The lowest BCUT2D eigenvalue weighted by Crippen LogP contribution is -2.29. The minimum Gasteiger partial charge on any atom is -0.348 e. The molecule has 0 saturated heterocycles. The maximum absolute atomic E-state index is 12.1. The molecule has 2 aromatic carbocycles. The number of nitrogens with one attached hydrogen (secondary N) is 1. The van der Waals surface area contributed by atoms with Crippen molar-refractivity contribution < 1.29 is 4.79 Å². The van der Waals surface area contributed by atoms with Crippen LogP contribution in [0.5, 0.6) is 0 Å². The van der Waals surface area contributed by atoms with Crippen molar-refractivity contribution in [1.29, 1.82) is 0 Å². The number of rotatable bonds is 4. The summed E-state index contributed by atoms with van der Waals surface area (Å²) >= 11 is 12.1. The van der Waals surface area contributed by atoms with Crippen molar-refractivity contribution in [2.24, 2.45) is 0 Å². The highest BCUT2D eigenvalue weighted by molar-refractivity contribution is 6.31. The molecule has 20 heavy (non-hydrogen) atoms. The Labute approximate surface area is 128 Å². The van der Waals surface area contributed by atoms with Crippen LogP contribution in [0.15, 0.2) is 54.6 Å². The van der Waals surface area contributed by atoms with Crippen LogP contribution in [0.25, 0.3) is 0 Å². The quantitative estimate of drug-likeness (QED) is 0.828. The van der Waals surface area contributed by atoms with Gasteiger partial charge in [0.25, 0.3) is 0 Å². The SMILES string of the molecule is CC(NC(=O)C(Cl)c1ccccc1)c1cccc(Cl)c1. The van der Waals surface area contributed by atoms with Crippen molar-refractivity contribution in [3.8, 4) is 0 Å². The Balaban J connectivity index is 2.04. The molecule has 0 aliphatic rings. The molecule has 0 spiro atoms. The summed E-state index contributed by atoms with van der Waals surface area (Å²) in [6.45, 7) is 1.90. The van der Waals surface area contributed by atoms with Gasteiger partial charge in [-0.25, -0.2) is 0 Å². The molecule has 2 aromatic rings. The second-order valence-corrected chi connectivity index (χ2v) is 5.43. The van der Waals surface area contributed by atoms with Crippen molar-refractivity contribution in [3.05, 3.63) is 70.7 Å². The maximum Gasteiger partial charge on any atom is 0.243 e. The third kappa shape index (κ3) is 3.75. The topological polar surface area (TPSA) is 29.1 Å². The number of halogens is 2. The smallest absolute Gasteiger partial charge is 0.243 e. The number of carbonyl (C=O) groups is 1. The Morgan fingerprint density at radius 2 is 1.70 bits per heavy atom. The van der Waals surface area contributed by atoms with E-state index in [-0.39, 0.29) is 11.9 Å². The molecule has 0 aliphatic heterocycles. The predicted molar refractivity (Wildman–Crippen MR) is 83.0 cm³/mol. The fourth-order valence-electron chi connectivity index (χ4n) is 1.92. The van der Waals surface area contributed by atoms with E-state index in [4.69, 9.17) is 23.2 Å². The van der Waals surface area contributed by atoms with Crippen LogP contribution in [0, 0.1) is 0 Å². The molecule has 0 radical (unpaired) electrons. The molecule has 1 N–H and O–H groups in total. The van der Waals surface area contributed by atoms with Gasteiger partial charge in [0.1, 0.15) is 5.38 Å². The fourth-order valence-corrected chi connectivity index (χ4v) is 2.33. The van der Waals surface area contributed by atoms with Crippen LogP contribution in [0.1, 0.15) is 29.5 Å². The molecule has 1 amide bonds. The second kappa shape index (κ2) is 6.78. The Hall–Kier alpha value is -1.51. The number of carbonyl (C=O) groups excluding carboxylic acids is 1. The van der Waals surface area contributed by atoms with Crippen LogP contribution >= 0.6 is 23.2 Å². The molecule has 0 fully saturated rings. The van der Waals surface area contributed by atoms with Crippen LogP contribution in [-0.2, 0) is 4.79 Å². The summed E-state index contributed by atoms with van der Waals surface area (Å²) in [6.07, 6.45) is 0. The van der Waals surface area contributed by atoms with Crippen molar-refractivity contribution in [2.45, 2.75) is 18.3 Å². The molecular formula is C16H15Cl2NO. The first kappa shape index (κ1) is 14.9. The molecule has 2 unspecified atom stereocenters. The van der Waals surface area contributed by atoms with E-state index in [0.717, 1.165) is 11.1 Å². The van der Waals surface area contributed by atoms with Gasteiger partial charge in [-0.3, -0.25) is 4.79 Å². The Morgan fingerprint density at radius 1 is 1.05 bits per heavy atom. The highest BCUT2D eigenvalue weighted by Crippen LogP contribution is 2.23. The summed E-state index contributed by atoms with van der Waals surface area (Å²) in [5.41, 5.74) is 1.73. The standard InChI is InChI=1S/C16H15Cl2NO/c1-11(13-8-5-9-14(17)10-13)19-16(20)15(18)12-6-3-2-4-7-12/h2-11,15H,1H3,(H,19,20). The monoisotopic (exact) mass is 307 g/mol. The molecular weight excluding hydrogens is 293 g/mol. The van der Waals surface area contributed by atoms with E-state index < -0.39 is 5.38 Å². The zero-order chi connectivity index (χ0) is 14.5. The average Bonchev–Trinajstić information content (AvgIpc) is 2.47. The summed E-state index contributed by atoms with van der Waals surface area (Å²) in [5, 5.41) is 2.84. The average molecular weight is 308 g/mol. The van der Waals surface area contributed by atoms with Gasteiger partial charge in [-0.15, -0.1) is 11.6 Å². The summed E-state index contributed by atoms with van der Waals surface area (Å²) in [5.74, 6) is -0.217. The zero-order valence-corrected chi connectivity index (χ0v) is 12.5. The van der Waals surface area contributed by atoms with E-state index in [0.29, 0.717) is 5.02 Å². The normalized spacial score (nSPS) is 13.6. The second-order valence-electron chi connectivity index (χ2n) is 4.56. The zero-order valence-electron chi connectivity index (χ0n) is 11.0. The summed E-state index contributed by atoms with van der Waals surface area (Å²) in [7, 11) is 0. The van der Waals surface area contributed by atoms with Crippen molar-refractivity contribution >= 4 is 29.1 Å². The molecule has 0 bridgehead atoms. The molecule has 0 aliphatic carbocycles. The van der Waals surface area contributed by atoms with E-state index in [2.05, 4.69) is 5.32 Å². The van der Waals surface area contributed by atoms with Gasteiger partial charge in [0.2, 0.25) is 5.91 Å². The van der Waals surface area contributed by atoms with Gasteiger partial charge in [-0.1, -0.05) is 54.1 Å². The first-order valence-corrected chi connectivity index (χ1v) is 7.14. The van der Waals surface area contributed by atoms with E-state index in [1.54, 1.807) is 6.07 Å². The molecule has 2 rings (SSSR count). The van der Waals surface area contributed by atoms with Gasteiger partial charge in [0.15, 0.2) is 0 Å². The van der Waals surface area contributed by atoms with Crippen molar-refractivity contribution in [3.63, 3.8) is 0 Å². The minimum absolute atomic E-state index is 0.147. The number of alkyl halides is 1. The Kier molecular flexibility index (Phi) is 5.05. The third-order valence-corrected chi connectivity index (χ3v) is 3.72. The summed E-state index contributed by atoms with van der Waals surface area (Å²) < 4.78 is 0. The van der Waals surface area contributed by atoms with Crippen molar-refractivity contribution in [2.75, 3.05) is 0 Å². The van der Waals surface area contributed by atoms with Gasteiger partial charge in [-0.2, -0.15) is 0 Å². The molecule has 0 aromatic heterocycles. The lowest BCUT2D eigenvalue weighted by atomic mass is 10.1. The van der Waals surface area contributed by atoms with Crippen molar-refractivity contribution in [1.82, 2.24) is 5.32 Å². The number of hydrogen-bond acceptors (Lipinski definition) is 1. The van der Waals surface area contributed by atoms with Crippen LogP contribution in [-0.4, -0.2) is 5.91 Å². The maximum atomic E-state index is 12.1.